The maximum atomic E-state index is 12.1. The molecular formula is C16H17BrN4O. The van der Waals surface area contributed by atoms with Crippen molar-refractivity contribution in [3.05, 3.63) is 46.4 Å². The number of nitrogens with one attached hydrogen (secondary N) is 2. The van der Waals surface area contributed by atoms with E-state index >= 15 is 0 Å². The first-order valence-corrected chi connectivity index (χ1v) is 8.17. The van der Waals surface area contributed by atoms with E-state index in [4.69, 9.17) is 0 Å². The molecule has 1 amide bonds. The van der Waals surface area contributed by atoms with Crippen LogP contribution in [-0.2, 0) is 0 Å². The number of aromatic nitrogens is 2. The summed E-state index contributed by atoms with van der Waals surface area (Å²) in [6, 6.07) is 11.3. The molecule has 1 aromatic heterocycles. The Hall–Kier alpha value is -1.95. The summed E-state index contributed by atoms with van der Waals surface area (Å²) in [6.07, 6.45) is 4.91. The highest BCUT2D eigenvalue weighted by atomic mass is 79.9. The van der Waals surface area contributed by atoms with Crippen LogP contribution in [0, 0.1) is 0 Å². The van der Waals surface area contributed by atoms with Gasteiger partial charge in [-0.15, -0.1) is 10.2 Å². The molecule has 0 aliphatic heterocycles. The summed E-state index contributed by atoms with van der Waals surface area (Å²) in [5.74, 6) is 1.01. The number of hydrogen-bond donors (Lipinski definition) is 2. The number of rotatable bonds is 4. The molecule has 1 saturated carbocycles. The van der Waals surface area contributed by atoms with E-state index in [9.17, 15) is 4.79 Å². The van der Waals surface area contributed by atoms with Crippen molar-refractivity contribution in [3.8, 4) is 0 Å². The van der Waals surface area contributed by atoms with E-state index in [1.807, 2.05) is 18.2 Å². The van der Waals surface area contributed by atoms with Crippen LogP contribution < -0.4 is 10.6 Å². The van der Waals surface area contributed by atoms with Crippen LogP contribution in [0.5, 0.6) is 0 Å². The molecule has 0 bridgehead atoms. The zero-order chi connectivity index (χ0) is 15.4. The van der Waals surface area contributed by atoms with Crippen LogP contribution >= 0.6 is 15.9 Å². The molecule has 0 unspecified atom stereocenters. The molecule has 114 valence electrons. The molecule has 1 aliphatic carbocycles. The summed E-state index contributed by atoms with van der Waals surface area (Å²) in [5, 5.41) is 14.3. The molecule has 0 radical (unpaired) electrons. The quantitative estimate of drug-likeness (QED) is 0.868. The summed E-state index contributed by atoms with van der Waals surface area (Å²) in [6.45, 7) is 0. The Morgan fingerprint density at radius 1 is 1.00 bits per heavy atom. The fourth-order valence-corrected chi connectivity index (χ4v) is 2.81. The molecular weight excluding hydrogens is 344 g/mol. The number of hydrogen-bond acceptors (Lipinski definition) is 4. The maximum absolute atomic E-state index is 12.1. The Morgan fingerprint density at radius 2 is 1.64 bits per heavy atom. The zero-order valence-electron chi connectivity index (χ0n) is 12.1. The van der Waals surface area contributed by atoms with Gasteiger partial charge in [0, 0.05) is 16.1 Å². The van der Waals surface area contributed by atoms with Gasteiger partial charge >= 0.3 is 0 Å². The highest BCUT2D eigenvalue weighted by Gasteiger charge is 2.15. The van der Waals surface area contributed by atoms with Crippen LogP contribution in [-0.4, -0.2) is 22.1 Å². The standard InChI is InChI=1S/C16H17BrN4O/c17-12-7-5-11(6-8-12)16(22)19-15-10-9-14(20-21-15)18-13-3-1-2-4-13/h5-10,13H,1-4H2,(H,18,20)(H,19,21,22). The minimum Gasteiger partial charge on any atom is -0.366 e. The first-order valence-electron chi connectivity index (χ1n) is 7.38. The molecule has 2 aromatic rings. The summed E-state index contributed by atoms with van der Waals surface area (Å²) in [5.41, 5.74) is 0.582. The topological polar surface area (TPSA) is 66.9 Å². The summed E-state index contributed by atoms with van der Waals surface area (Å²) in [7, 11) is 0. The van der Waals surface area contributed by atoms with E-state index < -0.39 is 0 Å². The van der Waals surface area contributed by atoms with E-state index in [0.717, 1.165) is 10.3 Å². The van der Waals surface area contributed by atoms with Gasteiger partial charge in [-0.1, -0.05) is 28.8 Å². The molecule has 5 nitrogen and oxygen atoms in total. The normalized spacial score (nSPS) is 14.8. The SMILES string of the molecule is O=C(Nc1ccc(NC2CCCC2)nn1)c1ccc(Br)cc1. The average Bonchev–Trinajstić information content (AvgIpc) is 3.03. The van der Waals surface area contributed by atoms with Gasteiger partial charge in [0.25, 0.3) is 5.91 Å². The third-order valence-corrected chi connectivity index (χ3v) is 4.25. The van der Waals surface area contributed by atoms with Crippen molar-refractivity contribution < 1.29 is 4.79 Å². The average molecular weight is 361 g/mol. The molecule has 1 aromatic carbocycles. The van der Waals surface area contributed by atoms with Crippen LogP contribution in [0.4, 0.5) is 11.6 Å². The van der Waals surface area contributed by atoms with Crippen LogP contribution in [0.25, 0.3) is 0 Å². The first-order chi connectivity index (χ1) is 10.7. The lowest BCUT2D eigenvalue weighted by Crippen LogP contribution is -2.17. The second-order valence-electron chi connectivity index (χ2n) is 5.39. The molecule has 1 fully saturated rings. The number of halogens is 1. The second kappa shape index (κ2) is 6.87. The van der Waals surface area contributed by atoms with Crippen LogP contribution in [0.3, 0.4) is 0 Å². The Kier molecular flexibility index (Phi) is 4.68. The number of anilines is 2. The first kappa shape index (κ1) is 15.0. The Labute approximate surface area is 137 Å². The second-order valence-corrected chi connectivity index (χ2v) is 6.31. The molecule has 22 heavy (non-hydrogen) atoms. The smallest absolute Gasteiger partial charge is 0.256 e. The molecule has 0 spiro atoms. The molecule has 0 atom stereocenters. The minimum absolute atomic E-state index is 0.196. The third kappa shape index (κ3) is 3.82. The lowest BCUT2D eigenvalue weighted by atomic mass is 10.2. The van der Waals surface area contributed by atoms with Crippen LogP contribution in [0.15, 0.2) is 40.9 Å². The Morgan fingerprint density at radius 3 is 2.27 bits per heavy atom. The van der Waals surface area contributed by atoms with Gasteiger partial charge in [0.2, 0.25) is 0 Å². The summed E-state index contributed by atoms with van der Waals surface area (Å²) < 4.78 is 0.936. The molecule has 1 aliphatic rings. The monoisotopic (exact) mass is 360 g/mol. The van der Waals surface area contributed by atoms with E-state index in [1.165, 1.54) is 25.7 Å². The van der Waals surface area contributed by atoms with Gasteiger partial charge < -0.3 is 10.6 Å². The number of benzene rings is 1. The summed E-state index contributed by atoms with van der Waals surface area (Å²) >= 11 is 3.34. The Balaban J connectivity index is 1.60. The van der Waals surface area contributed by atoms with Crippen molar-refractivity contribution in [3.63, 3.8) is 0 Å². The van der Waals surface area contributed by atoms with E-state index in [-0.39, 0.29) is 5.91 Å². The molecule has 3 rings (SSSR count). The Bertz CT molecular complexity index is 636. The van der Waals surface area contributed by atoms with Gasteiger partial charge in [0.15, 0.2) is 5.82 Å². The fraction of sp³-hybridized carbons (Fsp3) is 0.312. The number of carbonyl (C=O) groups excluding carboxylic acids is 1. The van der Waals surface area contributed by atoms with E-state index in [2.05, 4.69) is 36.8 Å². The van der Waals surface area contributed by atoms with Gasteiger partial charge in [0.05, 0.1) is 0 Å². The maximum Gasteiger partial charge on any atom is 0.256 e. The largest absolute Gasteiger partial charge is 0.366 e. The molecule has 1 heterocycles. The number of nitrogens with zero attached hydrogens (tertiary/aromatic N) is 2. The van der Waals surface area contributed by atoms with Gasteiger partial charge in [0.1, 0.15) is 5.82 Å². The zero-order valence-corrected chi connectivity index (χ0v) is 13.6. The van der Waals surface area contributed by atoms with Crippen LogP contribution in [0.2, 0.25) is 0 Å². The van der Waals surface area contributed by atoms with Gasteiger partial charge in [-0.2, -0.15) is 0 Å². The third-order valence-electron chi connectivity index (χ3n) is 3.72. The van der Waals surface area contributed by atoms with Crippen LogP contribution in [0.1, 0.15) is 36.0 Å². The van der Waals surface area contributed by atoms with Gasteiger partial charge in [-0.3, -0.25) is 4.79 Å². The predicted molar refractivity (Wildman–Crippen MR) is 90.0 cm³/mol. The molecule has 2 N–H and O–H groups in total. The van der Waals surface area contributed by atoms with Crippen molar-refractivity contribution in [1.29, 1.82) is 0 Å². The lowest BCUT2D eigenvalue weighted by Gasteiger charge is -2.12. The van der Waals surface area contributed by atoms with Crippen molar-refractivity contribution in [2.45, 2.75) is 31.7 Å². The van der Waals surface area contributed by atoms with Crippen molar-refractivity contribution >= 4 is 33.5 Å². The number of amides is 1. The minimum atomic E-state index is -0.196. The number of carbonyl (C=O) groups is 1. The van der Waals surface area contributed by atoms with Gasteiger partial charge in [-0.05, 0) is 49.2 Å². The highest BCUT2D eigenvalue weighted by molar-refractivity contribution is 9.10. The molecule has 6 heteroatoms. The molecule has 0 saturated heterocycles. The highest BCUT2D eigenvalue weighted by Crippen LogP contribution is 2.21. The predicted octanol–water partition coefficient (Wildman–Crippen LogP) is 3.85. The van der Waals surface area contributed by atoms with Crippen molar-refractivity contribution in [1.82, 2.24) is 10.2 Å². The van der Waals surface area contributed by atoms with Gasteiger partial charge in [-0.25, -0.2) is 0 Å². The lowest BCUT2D eigenvalue weighted by molar-refractivity contribution is 0.102. The fourth-order valence-electron chi connectivity index (χ4n) is 2.54. The van der Waals surface area contributed by atoms with E-state index in [0.29, 0.717) is 17.4 Å². The summed E-state index contributed by atoms with van der Waals surface area (Å²) in [4.78, 5) is 12.1. The van der Waals surface area contributed by atoms with Crippen molar-refractivity contribution in [2.75, 3.05) is 10.6 Å². The van der Waals surface area contributed by atoms with Crippen molar-refractivity contribution in [2.24, 2.45) is 0 Å². The van der Waals surface area contributed by atoms with E-state index in [1.54, 1.807) is 18.2 Å².